The minimum Gasteiger partial charge on any atom is -0.263 e. The van der Waals surface area contributed by atoms with Crippen molar-refractivity contribution in [2.24, 2.45) is 0 Å². The predicted octanol–water partition coefficient (Wildman–Crippen LogP) is 6.56. The summed E-state index contributed by atoms with van der Waals surface area (Å²) in [6, 6.07) is 41.5. The summed E-state index contributed by atoms with van der Waals surface area (Å²) in [6.07, 6.45) is 0. The molecule has 4 heteroatoms. The van der Waals surface area contributed by atoms with Crippen molar-refractivity contribution in [2.75, 3.05) is 4.90 Å². The molecule has 0 aliphatic heterocycles. The number of rotatable bonds is 5. The first-order chi connectivity index (χ1) is 14.9. The van der Waals surface area contributed by atoms with Crippen LogP contribution in [-0.4, -0.2) is 4.98 Å². The molecule has 5 rings (SSSR count). The normalized spacial score (nSPS) is 10.7. The predicted molar refractivity (Wildman–Crippen MR) is 124 cm³/mol. The van der Waals surface area contributed by atoms with Gasteiger partial charge in [0.05, 0.1) is 16.9 Å². The molecule has 0 bridgehead atoms. The van der Waals surface area contributed by atoms with Crippen molar-refractivity contribution in [2.45, 2.75) is 0 Å². The molecule has 0 N–H and O–H groups in total. The largest absolute Gasteiger partial charge is 0.350 e. The van der Waals surface area contributed by atoms with Crippen molar-refractivity contribution in [1.29, 1.82) is 0 Å². The van der Waals surface area contributed by atoms with Crippen LogP contribution in [0.1, 0.15) is 0 Å². The maximum Gasteiger partial charge on any atom is 0.350 e. The van der Waals surface area contributed by atoms with Crippen LogP contribution in [-0.2, 0) is 0 Å². The number of benzene rings is 4. The Morgan fingerprint density at radius 2 is 1.03 bits per heavy atom. The van der Waals surface area contributed by atoms with Crippen LogP contribution in [0.4, 0.5) is 16.5 Å². The third-order valence-corrected chi connectivity index (χ3v) is 5.81. The second-order valence-corrected chi connectivity index (χ2v) is 7.72. The van der Waals surface area contributed by atoms with Crippen molar-refractivity contribution in [3.63, 3.8) is 0 Å². The van der Waals surface area contributed by atoms with E-state index in [0.717, 1.165) is 33.6 Å². The Morgan fingerprint density at radius 3 is 1.57 bits per heavy atom. The van der Waals surface area contributed by atoms with Gasteiger partial charge in [-0.15, -0.1) is 3.96 Å². The van der Waals surface area contributed by atoms with E-state index in [9.17, 15) is 0 Å². The molecule has 4 aromatic carbocycles. The zero-order valence-electron chi connectivity index (χ0n) is 16.3. The van der Waals surface area contributed by atoms with Crippen LogP contribution in [0.2, 0.25) is 0 Å². The Labute approximate surface area is 180 Å². The van der Waals surface area contributed by atoms with Gasteiger partial charge in [0.1, 0.15) is 17.2 Å². The average Bonchev–Trinajstić information content (AvgIpc) is 3.27. The molecule has 0 amide bonds. The zero-order valence-corrected chi connectivity index (χ0v) is 17.1. The van der Waals surface area contributed by atoms with Crippen LogP contribution < -0.4 is 8.86 Å². The lowest BCUT2D eigenvalue weighted by Crippen LogP contribution is -2.27. The monoisotopic (exact) mass is 406 g/mol. The standard InChI is InChI=1S/C26H20N3S/c1-5-13-21(14-6-1)25-27-26(30-29(25)24-19-11-4-12-20-24)28(22-15-7-2-8-16-22)23-17-9-3-10-18-23/h1-20H/q+1. The second-order valence-electron chi connectivity index (χ2n) is 6.81. The smallest absolute Gasteiger partial charge is 0.263 e. The fraction of sp³-hybridized carbons (Fsp3) is 0. The van der Waals surface area contributed by atoms with E-state index in [4.69, 9.17) is 4.98 Å². The molecule has 0 unspecified atom stereocenters. The lowest BCUT2D eigenvalue weighted by molar-refractivity contribution is -0.509. The first-order valence-electron chi connectivity index (χ1n) is 9.84. The van der Waals surface area contributed by atoms with Crippen LogP contribution in [0.3, 0.4) is 0 Å². The summed E-state index contributed by atoms with van der Waals surface area (Å²) in [7, 11) is 0. The maximum absolute atomic E-state index is 5.12. The third-order valence-electron chi connectivity index (χ3n) is 4.81. The molecule has 0 atom stereocenters. The summed E-state index contributed by atoms with van der Waals surface area (Å²) in [5.74, 6) is 0.929. The fourth-order valence-electron chi connectivity index (χ4n) is 3.40. The summed E-state index contributed by atoms with van der Waals surface area (Å²) in [4.78, 5) is 7.32. The van der Waals surface area contributed by atoms with Crippen LogP contribution in [0.25, 0.3) is 17.1 Å². The highest BCUT2D eigenvalue weighted by Crippen LogP contribution is 2.36. The van der Waals surface area contributed by atoms with Crippen LogP contribution in [0.15, 0.2) is 121 Å². The lowest BCUT2D eigenvalue weighted by Gasteiger charge is -2.18. The van der Waals surface area contributed by atoms with Gasteiger partial charge in [-0.25, -0.2) is 0 Å². The molecule has 0 radical (unpaired) electrons. The van der Waals surface area contributed by atoms with E-state index in [-0.39, 0.29) is 0 Å². The van der Waals surface area contributed by atoms with Crippen molar-refractivity contribution in [3.8, 4) is 17.1 Å². The van der Waals surface area contributed by atoms with Gasteiger partial charge in [0.2, 0.25) is 0 Å². The molecule has 3 nitrogen and oxygen atoms in total. The number of nitrogens with zero attached hydrogens (tertiary/aromatic N) is 3. The van der Waals surface area contributed by atoms with E-state index in [1.54, 1.807) is 11.5 Å². The second kappa shape index (κ2) is 8.31. The van der Waals surface area contributed by atoms with Gasteiger partial charge in [-0.3, -0.25) is 4.90 Å². The molecule has 0 saturated carbocycles. The molecule has 144 valence electrons. The number of aromatic nitrogens is 2. The third kappa shape index (κ3) is 3.61. The molecule has 30 heavy (non-hydrogen) atoms. The molecule has 5 aromatic rings. The van der Waals surface area contributed by atoms with Crippen LogP contribution in [0.5, 0.6) is 0 Å². The van der Waals surface area contributed by atoms with Gasteiger partial charge in [0.15, 0.2) is 0 Å². The van der Waals surface area contributed by atoms with Gasteiger partial charge in [0.25, 0.3) is 0 Å². The number of hydrogen-bond acceptors (Lipinski definition) is 3. The molecule has 0 aliphatic rings. The number of hydrogen-bond donors (Lipinski definition) is 0. The molecule has 0 saturated heterocycles. The number of anilines is 3. The molecule has 0 fully saturated rings. The SMILES string of the molecule is c1ccc(-c2nc(N(c3ccccc3)c3ccccc3)s[n+]2-c2ccccc2)cc1. The Bertz CT molecular complexity index is 1120. The molecule has 0 spiro atoms. The first kappa shape index (κ1) is 18.3. The summed E-state index contributed by atoms with van der Waals surface area (Å²) >= 11 is 1.64. The van der Waals surface area contributed by atoms with E-state index in [0.29, 0.717) is 0 Å². The summed E-state index contributed by atoms with van der Waals surface area (Å²) in [5, 5.41) is 0.912. The van der Waals surface area contributed by atoms with E-state index < -0.39 is 0 Å². The van der Waals surface area contributed by atoms with Gasteiger partial charge in [-0.05, 0) is 53.5 Å². The van der Waals surface area contributed by atoms with Gasteiger partial charge < -0.3 is 0 Å². The van der Waals surface area contributed by atoms with Crippen molar-refractivity contribution in [3.05, 3.63) is 121 Å². The average molecular weight is 407 g/mol. The quantitative estimate of drug-likeness (QED) is 0.308. The Balaban J connectivity index is 1.72. The molecular weight excluding hydrogens is 386 g/mol. The van der Waals surface area contributed by atoms with E-state index >= 15 is 0 Å². The summed E-state index contributed by atoms with van der Waals surface area (Å²) < 4.78 is 2.20. The van der Waals surface area contributed by atoms with Gasteiger partial charge >= 0.3 is 11.0 Å². The highest BCUT2D eigenvalue weighted by Gasteiger charge is 2.29. The van der Waals surface area contributed by atoms with Crippen LogP contribution in [0, 0.1) is 0 Å². The number of para-hydroxylation sites is 3. The van der Waals surface area contributed by atoms with Gasteiger partial charge in [-0.2, -0.15) is 0 Å². The Morgan fingerprint density at radius 1 is 0.567 bits per heavy atom. The van der Waals surface area contributed by atoms with Crippen LogP contribution >= 0.6 is 11.5 Å². The minimum atomic E-state index is 0.912. The maximum atomic E-state index is 5.12. The van der Waals surface area contributed by atoms with Crippen molar-refractivity contribution < 1.29 is 3.96 Å². The summed E-state index contributed by atoms with van der Waals surface area (Å²) in [6.45, 7) is 0. The van der Waals surface area contributed by atoms with E-state index in [1.165, 1.54) is 0 Å². The van der Waals surface area contributed by atoms with Gasteiger partial charge in [-0.1, -0.05) is 72.8 Å². The molecular formula is C26H20N3S+. The van der Waals surface area contributed by atoms with E-state index in [2.05, 4.69) is 106 Å². The Hall–Kier alpha value is -3.76. The topological polar surface area (TPSA) is 20.0 Å². The Kier molecular flexibility index (Phi) is 5.06. The fourth-order valence-corrected chi connectivity index (χ4v) is 4.45. The minimum absolute atomic E-state index is 0.912. The zero-order chi connectivity index (χ0) is 20.2. The van der Waals surface area contributed by atoms with Crippen molar-refractivity contribution in [1.82, 2.24) is 4.98 Å². The lowest BCUT2D eigenvalue weighted by atomic mass is 10.2. The van der Waals surface area contributed by atoms with E-state index in [1.807, 2.05) is 24.3 Å². The highest BCUT2D eigenvalue weighted by atomic mass is 32.1. The van der Waals surface area contributed by atoms with Gasteiger partial charge in [0, 0.05) is 0 Å². The first-order valence-corrected chi connectivity index (χ1v) is 10.6. The van der Waals surface area contributed by atoms with Crippen molar-refractivity contribution >= 4 is 28.0 Å². The molecule has 1 heterocycles. The molecule has 1 aromatic heterocycles. The molecule has 0 aliphatic carbocycles. The summed E-state index contributed by atoms with van der Waals surface area (Å²) in [5.41, 5.74) is 4.35. The highest BCUT2D eigenvalue weighted by molar-refractivity contribution is 7.06.